The average molecular weight is 288 g/mol. The molecule has 21 heavy (non-hydrogen) atoms. The van der Waals surface area contributed by atoms with Crippen molar-refractivity contribution in [3.05, 3.63) is 35.9 Å². The summed E-state index contributed by atoms with van der Waals surface area (Å²) < 4.78 is 0. The molecule has 1 fully saturated rings. The van der Waals surface area contributed by atoms with Crippen molar-refractivity contribution >= 4 is 0 Å². The minimum atomic E-state index is -0.261. The highest BCUT2D eigenvalue weighted by Gasteiger charge is 2.30. The van der Waals surface area contributed by atoms with Gasteiger partial charge in [0.1, 0.15) is 0 Å². The van der Waals surface area contributed by atoms with E-state index < -0.39 is 0 Å². The van der Waals surface area contributed by atoms with Gasteiger partial charge in [-0.2, -0.15) is 0 Å². The monoisotopic (exact) mass is 288 g/mol. The van der Waals surface area contributed by atoms with Gasteiger partial charge in [0.15, 0.2) is 0 Å². The first-order chi connectivity index (χ1) is 9.79. The van der Waals surface area contributed by atoms with Crippen LogP contribution in [0.1, 0.15) is 52.5 Å². The van der Waals surface area contributed by atoms with E-state index in [-0.39, 0.29) is 5.54 Å². The van der Waals surface area contributed by atoms with Crippen molar-refractivity contribution in [2.45, 2.75) is 52.5 Å². The van der Waals surface area contributed by atoms with Crippen molar-refractivity contribution in [3.8, 4) is 0 Å². The van der Waals surface area contributed by atoms with E-state index in [2.05, 4.69) is 62.9 Å². The van der Waals surface area contributed by atoms with E-state index in [0.717, 1.165) is 12.5 Å². The van der Waals surface area contributed by atoms with Crippen LogP contribution in [0.3, 0.4) is 0 Å². The van der Waals surface area contributed by atoms with Gasteiger partial charge < -0.3 is 10.6 Å². The second-order valence-corrected chi connectivity index (χ2v) is 8.05. The molecule has 0 radical (unpaired) electrons. The van der Waals surface area contributed by atoms with Crippen molar-refractivity contribution in [3.63, 3.8) is 0 Å². The number of rotatable bonds is 3. The Bertz CT molecular complexity index is 431. The van der Waals surface area contributed by atoms with Gasteiger partial charge in [-0.25, -0.2) is 0 Å². The minimum absolute atomic E-state index is 0.261. The fourth-order valence-electron chi connectivity index (χ4n) is 3.55. The number of nitrogens with zero attached hydrogens (tertiary/aromatic N) is 1. The number of benzene rings is 1. The van der Waals surface area contributed by atoms with E-state index in [9.17, 15) is 0 Å². The van der Waals surface area contributed by atoms with Crippen LogP contribution in [0.15, 0.2) is 30.3 Å². The van der Waals surface area contributed by atoms with Gasteiger partial charge in [-0.3, -0.25) is 0 Å². The molecule has 1 aromatic carbocycles. The van der Waals surface area contributed by atoms with Crippen LogP contribution in [0.5, 0.6) is 0 Å². The second-order valence-electron chi connectivity index (χ2n) is 8.05. The van der Waals surface area contributed by atoms with Gasteiger partial charge in [0.05, 0.1) is 5.54 Å². The highest BCUT2D eigenvalue weighted by molar-refractivity contribution is 5.23. The number of hydrogen-bond acceptors (Lipinski definition) is 2. The third kappa shape index (κ3) is 4.55. The summed E-state index contributed by atoms with van der Waals surface area (Å²) in [7, 11) is 0. The summed E-state index contributed by atoms with van der Waals surface area (Å²) >= 11 is 0. The Morgan fingerprint density at radius 2 is 1.71 bits per heavy atom. The smallest absolute Gasteiger partial charge is 0.0509 e. The predicted octanol–water partition coefficient (Wildman–Crippen LogP) is 4.01. The quantitative estimate of drug-likeness (QED) is 0.910. The van der Waals surface area contributed by atoms with Crippen LogP contribution in [0.25, 0.3) is 0 Å². The third-order valence-corrected chi connectivity index (χ3v) is 5.03. The molecule has 118 valence electrons. The number of nitrogens with two attached hydrogens (primary N) is 1. The van der Waals surface area contributed by atoms with Gasteiger partial charge in [-0.1, -0.05) is 51.1 Å². The van der Waals surface area contributed by atoms with Crippen LogP contribution < -0.4 is 5.73 Å². The van der Waals surface area contributed by atoms with Gasteiger partial charge in [0.25, 0.3) is 0 Å². The standard InChI is InChI=1S/C19H32N2/c1-18(2,3)16-11-8-13-21(14-12-16)15-19(4,20)17-9-6-5-7-10-17/h5-7,9-10,16H,8,11-15,20H2,1-4H3. The first-order valence-corrected chi connectivity index (χ1v) is 8.36. The molecule has 0 spiro atoms. The molecule has 1 heterocycles. The van der Waals surface area contributed by atoms with E-state index in [1.54, 1.807) is 0 Å². The summed E-state index contributed by atoms with van der Waals surface area (Å²) in [6, 6.07) is 10.5. The SMILES string of the molecule is CC(N)(CN1CCCC(C(C)(C)C)CC1)c1ccccc1. The molecule has 2 unspecified atom stereocenters. The lowest BCUT2D eigenvalue weighted by Crippen LogP contribution is -2.45. The molecule has 2 N–H and O–H groups in total. The molecule has 0 aromatic heterocycles. The Labute approximate surface area is 130 Å². The van der Waals surface area contributed by atoms with Crippen LogP contribution in [0.2, 0.25) is 0 Å². The first kappa shape index (κ1) is 16.5. The Hall–Kier alpha value is -0.860. The predicted molar refractivity (Wildman–Crippen MR) is 91.2 cm³/mol. The second kappa shape index (κ2) is 6.50. The fraction of sp³-hybridized carbons (Fsp3) is 0.684. The molecule has 0 saturated carbocycles. The van der Waals surface area contributed by atoms with Crippen molar-refractivity contribution in [1.29, 1.82) is 0 Å². The molecule has 2 atom stereocenters. The number of hydrogen-bond donors (Lipinski definition) is 1. The van der Waals surface area contributed by atoms with Crippen molar-refractivity contribution in [2.24, 2.45) is 17.1 Å². The maximum atomic E-state index is 6.60. The Balaban J connectivity index is 1.97. The molecule has 1 aromatic rings. The van der Waals surface area contributed by atoms with E-state index >= 15 is 0 Å². The summed E-state index contributed by atoms with van der Waals surface area (Å²) in [5.41, 5.74) is 8.01. The summed E-state index contributed by atoms with van der Waals surface area (Å²) in [5.74, 6) is 0.836. The van der Waals surface area contributed by atoms with Gasteiger partial charge in [-0.15, -0.1) is 0 Å². The van der Waals surface area contributed by atoms with Gasteiger partial charge in [0, 0.05) is 6.54 Å². The summed E-state index contributed by atoms with van der Waals surface area (Å²) in [4.78, 5) is 2.57. The molecule has 0 bridgehead atoms. The van der Waals surface area contributed by atoms with Crippen LogP contribution >= 0.6 is 0 Å². The molecule has 2 nitrogen and oxygen atoms in total. The summed E-state index contributed by atoms with van der Waals surface area (Å²) in [6.45, 7) is 12.6. The number of likely N-dealkylation sites (tertiary alicyclic amines) is 1. The molecule has 1 aliphatic heterocycles. The van der Waals surface area contributed by atoms with Crippen molar-refractivity contribution in [1.82, 2.24) is 4.90 Å². The molecular formula is C19H32N2. The average Bonchev–Trinajstić information content (AvgIpc) is 2.64. The lowest BCUT2D eigenvalue weighted by molar-refractivity contribution is 0.194. The Morgan fingerprint density at radius 1 is 1.05 bits per heavy atom. The molecule has 2 rings (SSSR count). The van der Waals surface area contributed by atoms with Crippen LogP contribution in [-0.2, 0) is 5.54 Å². The van der Waals surface area contributed by atoms with E-state index in [1.165, 1.54) is 37.9 Å². The highest BCUT2D eigenvalue weighted by atomic mass is 15.1. The zero-order valence-corrected chi connectivity index (χ0v) is 14.2. The maximum Gasteiger partial charge on any atom is 0.0509 e. The zero-order chi connectivity index (χ0) is 15.5. The third-order valence-electron chi connectivity index (χ3n) is 5.03. The van der Waals surface area contributed by atoms with E-state index in [4.69, 9.17) is 5.73 Å². The van der Waals surface area contributed by atoms with E-state index in [0.29, 0.717) is 5.41 Å². The zero-order valence-electron chi connectivity index (χ0n) is 14.2. The largest absolute Gasteiger partial charge is 0.321 e. The van der Waals surface area contributed by atoms with Crippen molar-refractivity contribution in [2.75, 3.05) is 19.6 Å². The molecule has 0 amide bonds. The van der Waals surface area contributed by atoms with Gasteiger partial charge >= 0.3 is 0 Å². The maximum absolute atomic E-state index is 6.60. The topological polar surface area (TPSA) is 29.3 Å². The molecule has 1 saturated heterocycles. The summed E-state index contributed by atoms with van der Waals surface area (Å²) in [6.07, 6.45) is 3.95. The molecule has 0 aliphatic carbocycles. The van der Waals surface area contributed by atoms with Crippen LogP contribution in [0.4, 0.5) is 0 Å². The lowest BCUT2D eigenvalue weighted by atomic mass is 9.77. The first-order valence-electron chi connectivity index (χ1n) is 8.36. The highest BCUT2D eigenvalue weighted by Crippen LogP contribution is 2.34. The van der Waals surface area contributed by atoms with Gasteiger partial charge in [-0.05, 0) is 56.2 Å². The van der Waals surface area contributed by atoms with Crippen LogP contribution in [0, 0.1) is 11.3 Å². The molecule has 2 heteroatoms. The Kier molecular flexibility index (Phi) is 5.11. The molecular weight excluding hydrogens is 256 g/mol. The minimum Gasteiger partial charge on any atom is -0.321 e. The molecule has 1 aliphatic rings. The summed E-state index contributed by atoms with van der Waals surface area (Å²) in [5, 5.41) is 0. The van der Waals surface area contributed by atoms with Crippen molar-refractivity contribution < 1.29 is 0 Å². The lowest BCUT2D eigenvalue weighted by Gasteiger charge is -2.33. The van der Waals surface area contributed by atoms with E-state index in [1.807, 2.05) is 0 Å². The fourth-order valence-corrected chi connectivity index (χ4v) is 3.55. The van der Waals surface area contributed by atoms with Gasteiger partial charge in [0.2, 0.25) is 0 Å². The Morgan fingerprint density at radius 3 is 2.33 bits per heavy atom. The normalized spacial score (nSPS) is 24.3. The van der Waals surface area contributed by atoms with Crippen LogP contribution in [-0.4, -0.2) is 24.5 Å².